The summed E-state index contributed by atoms with van der Waals surface area (Å²) in [5, 5.41) is 0.836. The smallest absolute Gasteiger partial charge is 0.251 e. The van der Waals surface area contributed by atoms with Crippen LogP contribution in [0.1, 0.15) is 33.1 Å². The lowest BCUT2D eigenvalue weighted by atomic mass is 10.0. The number of hydrogen-bond donors (Lipinski definition) is 1. The second-order valence-electron chi connectivity index (χ2n) is 3.43. The average Bonchev–Trinajstić information content (AvgIpc) is 2.33. The SMILES string of the molecule is CCCC1CC(=O)N(NC(C)=O)C1=O. The molecule has 1 atom stereocenters. The highest BCUT2D eigenvalue weighted by atomic mass is 16.2. The van der Waals surface area contributed by atoms with Crippen molar-refractivity contribution >= 4 is 17.7 Å². The minimum Gasteiger partial charge on any atom is -0.274 e. The summed E-state index contributed by atoms with van der Waals surface area (Å²) >= 11 is 0. The van der Waals surface area contributed by atoms with Gasteiger partial charge in [-0.15, -0.1) is 0 Å². The lowest BCUT2D eigenvalue weighted by molar-refractivity contribution is -0.148. The Bertz CT molecular complexity index is 275. The standard InChI is InChI=1S/C9H14N2O3/c1-3-4-7-5-8(13)11(9(7)14)10-6(2)12/h7H,3-5H2,1-2H3,(H,10,12). The van der Waals surface area contributed by atoms with Crippen LogP contribution in [0, 0.1) is 5.92 Å². The van der Waals surface area contributed by atoms with E-state index in [4.69, 9.17) is 0 Å². The van der Waals surface area contributed by atoms with E-state index in [1.165, 1.54) is 6.92 Å². The zero-order chi connectivity index (χ0) is 10.7. The number of amides is 3. The Labute approximate surface area is 82.4 Å². The van der Waals surface area contributed by atoms with Crippen LogP contribution in [0.15, 0.2) is 0 Å². The van der Waals surface area contributed by atoms with Gasteiger partial charge in [0.1, 0.15) is 0 Å². The molecule has 78 valence electrons. The number of imide groups is 1. The number of nitrogens with zero attached hydrogens (tertiary/aromatic N) is 1. The molecule has 1 fully saturated rings. The van der Waals surface area contributed by atoms with Gasteiger partial charge in [-0.05, 0) is 6.42 Å². The molecule has 1 rings (SSSR count). The Morgan fingerprint density at radius 3 is 2.71 bits per heavy atom. The van der Waals surface area contributed by atoms with E-state index in [1.807, 2.05) is 6.92 Å². The zero-order valence-electron chi connectivity index (χ0n) is 8.37. The Hall–Kier alpha value is -1.39. The van der Waals surface area contributed by atoms with Crippen molar-refractivity contribution in [3.8, 4) is 0 Å². The van der Waals surface area contributed by atoms with Gasteiger partial charge in [-0.3, -0.25) is 19.8 Å². The quantitative estimate of drug-likeness (QED) is 0.659. The van der Waals surface area contributed by atoms with E-state index in [0.29, 0.717) is 6.42 Å². The molecular formula is C9H14N2O3. The summed E-state index contributed by atoms with van der Waals surface area (Å²) in [6.07, 6.45) is 1.77. The van der Waals surface area contributed by atoms with Gasteiger partial charge in [-0.1, -0.05) is 13.3 Å². The molecule has 5 heteroatoms. The van der Waals surface area contributed by atoms with Crippen molar-refractivity contribution in [2.75, 3.05) is 0 Å². The monoisotopic (exact) mass is 198 g/mol. The van der Waals surface area contributed by atoms with Gasteiger partial charge >= 0.3 is 0 Å². The second kappa shape index (κ2) is 4.21. The van der Waals surface area contributed by atoms with Gasteiger partial charge in [-0.2, -0.15) is 5.01 Å². The van der Waals surface area contributed by atoms with Crippen LogP contribution in [-0.2, 0) is 14.4 Å². The van der Waals surface area contributed by atoms with Crippen molar-refractivity contribution in [1.29, 1.82) is 0 Å². The maximum absolute atomic E-state index is 11.5. The van der Waals surface area contributed by atoms with Crippen LogP contribution >= 0.6 is 0 Å². The van der Waals surface area contributed by atoms with E-state index in [9.17, 15) is 14.4 Å². The Kier molecular flexibility index (Phi) is 3.22. The first-order valence-electron chi connectivity index (χ1n) is 4.70. The van der Waals surface area contributed by atoms with Gasteiger partial charge in [0.05, 0.1) is 0 Å². The Morgan fingerprint density at radius 1 is 1.57 bits per heavy atom. The van der Waals surface area contributed by atoms with Crippen LogP contribution in [0.5, 0.6) is 0 Å². The van der Waals surface area contributed by atoms with Gasteiger partial charge in [0.2, 0.25) is 11.8 Å². The molecule has 0 saturated carbocycles. The molecule has 5 nitrogen and oxygen atoms in total. The average molecular weight is 198 g/mol. The molecular weight excluding hydrogens is 184 g/mol. The van der Waals surface area contributed by atoms with Crippen LogP contribution in [0.25, 0.3) is 0 Å². The summed E-state index contributed by atoms with van der Waals surface area (Å²) in [4.78, 5) is 33.5. The fourth-order valence-electron chi connectivity index (χ4n) is 1.54. The van der Waals surface area contributed by atoms with E-state index in [-0.39, 0.29) is 24.2 Å². The molecule has 0 aromatic carbocycles. The predicted molar refractivity (Wildman–Crippen MR) is 48.7 cm³/mol. The van der Waals surface area contributed by atoms with E-state index >= 15 is 0 Å². The van der Waals surface area contributed by atoms with Crippen molar-refractivity contribution in [2.45, 2.75) is 33.1 Å². The third kappa shape index (κ3) is 2.10. The molecule has 0 spiro atoms. The summed E-state index contributed by atoms with van der Waals surface area (Å²) < 4.78 is 0. The van der Waals surface area contributed by atoms with Crippen LogP contribution in [0.4, 0.5) is 0 Å². The van der Waals surface area contributed by atoms with E-state index in [1.54, 1.807) is 0 Å². The molecule has 3 amide bonds. The molecule has 0 bridgehead atoms. The number of rotatable bonds is 3. The fraction of sp³-hybridized carbons (Fsp3) is 0.667. The molecule has 0 aromatic rings. The molecule has 1 aliphatic heterocycles. The maximum Gasteiger partial charge on any atom is 0.251 e. The number of carbonyl (C=O) groups excluding carboxylic acids is 3. The predicted octanol–water partition coefficient (Wildman–Crippen LogP) is 0.213. The lowest BCUT2D eigenvalue weighted by Gasteiger charge is -2.14. The van der Waals surface area contributed by atoms with Gasteiger partial charge in [0.15, 0.2) is 0 Å². The summed E-state index contributed by atoms with van der Waals surface area (Å²) in [5.74, 6) is -1.25. The molecule has 1 heterocycles. The Morgan fingerprint density at radius 2 is 2.21 bits per heavy atom. The minimum absolute atomic E-state index is 0.215. The summed E-state index contributed by atoms with van der Waals surface area (Å²) in [7, 11) is 0. The topological polar surface area (TPSA) is 66.5 Å². The normalized spacial score (nSPS) is 21.6. The third-order valence-electron chi connectivity index (χ3n) is 2.15. The molecule has 1 unspecified atom stereocenters. The van der Waals surface area contributed by atoms with Crippen molar-refractivity contribution in [2.24, 2.45) is 5.92 Å². The first-order chi connectivity index (χ1) is 6.56. The van der Waals surface area contributed by atoms with Crippen LogP contribution in [0.2, 0.25) is 0 Å². The summed E-state index contributed by atoms with van der Waals surface area (Å²) in [5.41, 5.74) is 2.22. The van der Waals surface area contributed by atoms with E-state index < -0.39 is 5.91 Å². The van der Waals surface area contributed by atoms with Gasteiger partial charge < -0.3 is 0 Å². The van der Waals surface area contributed by atoms with Crippen LogP contribution in [0.3, 0.4) is 0 Å². The number of nitrogens with one attached hydrogen (secondary N) is 1. The highest BCUT2D eigenvalue weighted by Crippen LogP contribution is 2.22. The van der Waals surface area contributed by atoms with Gasteiger partial charge in [0, 0.05) is 19.3 Å². The van der Waals surface area contributed by atoms with Gasteiger partial charge in [-0.25, -0.2) is 0 Å². The first kappa shape index (κ1) is 10.7. The summed E-state index contributed by atoms with van der Waals surface area (Å²) in [6, 6.07) is 0. The molecule has 14 heavy (non-hydrogen) atoms. The molecule has 0 radical (unpaired) electrons. The minimum atomic E-state index is -0.399. The Balaban J connectivity index is 2.65. The van der Waals surface area contributed by atoms with Crippen LogP contribution in [-0.4, -0.2) is 22.7 Å². The number of carbonyl (C=O) groups is 3. The fourth-order valence-corrected chi connectivity index (χ4v) is 1.54. The van der Waals surface area contributed by atoms with Gasteiger partial charge in [0.25, 0.3) is 5.91 Å². The largest absolute Gasteiger partial charge is 0.274 e. The zero-order valence-corrected chi connectivity index (χ0v) is 8.37. The summed E-state index contributed by atoms with van der Waals surface area (Å²) in [6.45, 7) is 3.23. The molecule has 1 aliphatic rings. The number of hydrogen-bond acceptors (Lipinski definition) is 3. The maximum atomic E-state index is 11.5. The van der Waals surface area contributed by atoms with Crippen molar-refractivity contribution in [3.63, 3.8) is 0 Å². The van der Waals surface area contributed by atoms with Crippen molar-refractivity contribution in [1.82, 2.24) is 10.4 Å². The third-order valence-corrected chi connectivity index (χ3v) is 2.15. The molecule has 1 saturated heterocycles. The molecule has 0 aromatic heterocycles. The second-order valence-corrected chi connectivity index (χ2v) is 3.43. The highest BCUT2D eigenvalue weighted by Gasteiger charge is 2.38. The number of hydrazine groups is 1. The first-order valence-corrected chi connectivity index (χ1v) is 4.70. The lowest BCUT2D eigenvalue weighted by Crippen LogP contribution is -2.45. The molecule has 0 aliphatic carbocycles. The molecule has 1 N–H and O–H groups in total. The van der Waals surface area contributed by atoms with E-state index in [2.05, 4.69) is 5.43 Å². The highest BCUT2D eigenvalue weighted by molar-refractivity contribution is 6.04. The van der Waals surface area contributed by atoms with Crippen molar-refractivity contribution < 1.29 is 14.4 Å². The van der Waals surface area contributed by atoms with Crippen LogP contribution < -0.4 is 5.43 Å². The van der Waals surface area contributed by atoms with E-state index in [0.717, 1.165) is 11.4 Å². The van der Waals surface area contributed by atoms with Crippen molar-refractivity contribution in [3.05, 3.63) is 0 Å².